The Kier molecular flexibility index (Phi) is 5.61. The molecule has 0 amide bonds. The largest absolute Gasteiger partial charge is 0.493 e. The lowest BCUT2D eigenvalue weighted by Crippen LogP contribution is -2.07. The fraction of sp³-hybridized carbons (Fsp3) is 0.389. The van der Waals surface area contributed by atoms with E-state index in [9.17, 15) is 4.79 Å². The number of ether oxygens (including phenoxy) is 2. The van der Waals surface area contributed by atoms with Crippen molar-refractivity contribution in [3.63, 3.8) is 0 Å². The van der Waals surface area contributed by atoms with Crippen molar-refractivity contribution in [3.8, 4) is 5.75 Å². The van der Waals surface area contributed by atoms with E-state index in [1.165, 1.54) is 20.0 Å². The summed E-state index contributed by atoms with van der Waals surface area (Å²) in [5.41, 5.74) is 0.520. The Bertz CT molecular complexity index is 604. The first-order valence-electron chi connectivity index (χ1n) is 7.50. The fourth-order valence-electron chi connectivity index (χ4n) is 2.40. The van der Waals surface area contributed by atoms with E-state index in [2.05, 4.69) is 6.92 Å². The van der Waals surface area contributed by atoms with Crippen molar-refractivity contribution >= 4 is 16.7 Å². The molecular formula is C18H22O3. The first-order chi connectivity index (χ1) is 10.3. The number of benzene rings is 2. The van der Waals surface area contributed by atoms with Crippen LogP contribution in [0.25, 0.3) is 10.8 Å². The lowest BCUT2D eigenvalue weighted by Gasteiger charge is -2.12. The quantitative estimate of drug-likeness (QED) is 0.552. The number of esters is 1. The van der Waals surface area contributed by atoms with Crippen LogP contribution in [-0.2, 0) is 4.74 Å². The van der Waals surface area contributed by atoms with E-state index in [1.54, 1.807) is 0 Å². The zero-order valence-electron chi connectivity index (χ0n) is 12.7. The maximum atomic E-state index is 12.1. The molecule has 0 N–H and O–H groups in total. The average Bonchev–Trinajstić information content (AvgIpc) is 2.53. The van der Waals surface area contributed by atoms with Crippen LogP contribution in [0.3, 0.4) is 0 Å². The highest BCUT2D eigenvalue weighted by Crippen LogP contribution is 2.29. The van der Waals surface area contributed by atoms with Gasteiger partial charge < -0.3 is 9.47 Å². The molecule has 0 aliphatic carbocycles. The van der Waals surface area contributed by atoms with Gasteiger partial charge in [-0.3, -0.25) is 0 Å². The molecule has 0 fully saturated rings. The van der Waals surface area contributed by atoms with E-state index in [-0.39, 0.29) is 5.97 Å². The number of rotatable bonds is 7. The van der Waals surface area contributed by atoms with E-state index in [4.69, 9.17) is 9.47 Å². The van der Waals surface area contributed by atoms with Crippen molar-refractivity contribution in [2.75, 3.05) is 13.7 Å². The van der Waals surface area contributed by atoms with Crippen molar-refractivity contribution in [2.45, 2.75) is 32.6 Å². The summed E-state index contributed by atoms with van der Waals surface area (Å²) in [4.78, 5) is 12.1. The third kappa shape index (κ3) is 3.75. The summed E-state index contributed by atoms with van der Waals surface area (Å²) in [5, 5.41) is 1.88. The number of hydrogen-bond donors (Lipinski definition) is 0. The van der Waals surface area contributed by atoms with Gasteiger partial charge in [-0.2, -0.15) is 0 Å². The molecule has 0 aliphatic rings. The predicted molar refractivity (Wildman–Crippen MR) is 84.9 cm³/mol. The Balaban J connectivity index is 2.23. The van der Waals surface area contributed by atoms with Gasteiger partial charge in [-0.05, 0) is 23.3 Å². The minimum absolute atomic E-state index is 0.352. The van der Waals surface area contributed by atoms with Crippen molar-refractivity contribution in [2.24, 2.45) is 0 Å². The Morgan fingerprint density at radius 2 is 1.86 bits per heavy atom. The monoisotopic (exact) mass is 286 g/mol. The molecule has 0 spiro atoms. The SMILES string of the molecule is CCCCCCOc1ccc2ccccc2c1C(=O)OC. The second-order valence-corrected chi connectivity index (χ2v) is 5.06. The topological polar surface area (TPSA) is 35.5 Å². The van der Waals surface area contributed by atoms with E-state index < -0.39 is 0 Å². The molecule has 0 bridgehead atoms. The van der Waals surface area contributed by atoms with Crippen LogP contribution in [0.4, 0.5) is 0 Å². The molecule has 0 unspecified atom stereocenters. The molecule has 3 heteroatoms. The molecule has 0 heterocycles. The lowest BCUT2D eigenvalue weighted by molar-refractivity contribution is 0.0598. The molecule has 0 aliphatic heterocycles. The maximum absolute atomic E-state index is 12.1. The Morgan fingerprint density at radius 1 is 1.05 bits per heavy atom. The van der Waals surface area contributed by atoms with Gasteiger partial charge in [0, 0.05) is 0 Å². The van der Waals surface area contributed by atoms with Crippen molar-refractivity contribution in [1.82, 2.24) is 0 Å². The molecule has 0 saturated carbocycles. The Hall–Kier alpha value is -2.03. The van der Waals surface area contributed by atoms with Crippen LogP contribution in [0.5, 0.6) is 5.75 Å². The van der Waals surface area contributed by atoms with Crippen LogP contribution in [0.2, 0.25) is 0 Å². The van der Waals surface area contributed by atoms with E-state index in [0.29, 0.717) is 17.9 Å². The molecule has 0 saturated heterocycles. The minimum atomic E-state index is -0.352. The van der Waals surface area contributed by atoms with Gasteiger partial charge in [0.1, 0.15) is 11.3 Å². The van der Waals surface area contributed by atoms with Crippen LogP contribution in [0.15, 0.2) is 36.4 Å². The second-order valence-electron chi connectivity index (χ2n) is 5.06. The molecule has 2 rings (SSSR count). The second kappa shape index (κ2) is 7.67. The zero-order valence-corrected chi connectivity index (χ0v) is 12.7. The van der Waals surface area contributed by atoms with Gasteiger partial charge >= 0.3 is 5.97 Å². The van der Waals surface area contributed by atoms with Gasteiger partial charge in [-0.15, -0.1) is 0 Å². The van der Waals surface area contributed by atoms with Gasteiger partial charge in [-0.1, -0.05) is 56.5 Å². The predicted octanol–water partition coefficient (Wildman–Crippen LogP) is 4.59. The number of hydrogen-bond acceptors (Lipinski definition) is 3. The van der Waals surface area contributed by atoms with Crippen LogP contribution in [0, 0.1) is 0 Å². The molecule has 21 heavy (non-hydrogen) atoms. The highest BCUT2D eigenvalue weighted by Gasteiger charge is 2.17. The van der Waals surface area contributed by atoms with Gasteiger partial charge in [0.2, 0.25) is 0 Å². The molecule has 112 valence electrons. The highest BCUT2D eigenvalue weighted by molar-refractivity contribution is 6.07. The van der Waals surface area contributed by atoms with E-state index in [1.807, 2.05) is 36.4 Å². The first-order valence-corrected chi connectivity index (χ1v) is 7.50. The number of carbonyl (C=O) groups excluding carboxylic acids is 1. The third-order valence-electron chi connectivity index (χ3n) is 3.54. The standard InChI is InChI=1S/C18H22O3/c1-3-4-5-8-13-21-16-12-11-14-9-6-7-10-15(14)17(16)18(19)20-2/h6-7,9-12H,3-5,8,13H2,1-2H3. The number of fused-ring (bicyclic) bond motifs is 1. The summed E-state index contributed by atoms with van der Waals surface area (Å²) in [6, 6.07) is 11.6. The van der Waals surface area contributed by atoms with E-state index in [0.717, 1.165) is 23.6 Å². The molecule has 0 aromatic heterocycles. The average molecular weight is 286 g/mol. The van der Waals surface area contributed by atoms with Crippen LogP contribution in [-0.4, -0.2) is 19.7 Å². The molecule has 0 radical (unpaired) electrons. The van der Waals surface area contributed by atoms with Crippen LogP contribution in [0.1, 0.15) is 43.0 Å². The normalized spacial score (nSPS) is 10.6. The number of carbonyl (C=O) groups is 1. The lowest BCUT2D eigenvalue weighted by atomic mass is 10.0. The van der Waals surface area contributed by atoms with Crippen molar-refractivity contribution in [1.29, 1.82) is 0 Å². The van der Waals surface area contributed by atoms with Crippen LogP contribution < -0.4 is 4.74 Å². The van der Waals surface area contributed by atoms with Crippen molar-refractivity contribution < 1.29 is 14.3 Å². The molecule has 2 aromatic carbocycles. The number of methoxy groups -OCH3 is 1. The summed E-state index contributed by atoms with van der Waals surface area (Å²) in [6.45, 7) is 2.81. The minimum Gasteiger partial charge on any atom is -0.493 e. The molecular weight excluding hydrogens is 264 g/mol. The summed E-state index contributed by atoms with van der Waals surface area (Å²) in [7, 11) is 1.40. The van der Waals surface area contributed by atoms with E-state index >= 15 is 0 Å². The summed E-state index contributed by atoms with van der Waals surface area (Å²) >= 11 is 0. The van der Waals surface area contributed by atoms with Gasteiger partial charge in [-0.25, -0.2) is 4.79 Å². The summed E-state index contributed by atoms with van der Waals surface area (Å²) in [5.74, 6) is 0.257. The molecule has 2 aromatic rings. The first kappa shape index (κ1) is 15.4. The van der Waals surface area contributed by atoms with Gasteiger partial charge in [0.05, 0.1) is 13.7 Å². The van der Waals surface area contributed by atoms with Gasteiger partial charge in [0.15, 0.2) is 0 Å². The van der Waals surface area contributed by atoms with Gasteiger partial charge in [0.25, 0.3) is 0 Å². The molecule has 0 atom stereocenters. The fourth-order valence-corrected chi connectivity index (χ4v) is 2.40. The smallest absolute Gasteiger partial charge is 0.342 e. The maximum Gasteiger partial charge on any atom is 0.342 e. The summed E-state index contributed by atoms with van der Waals surface area (Å²) < 4.78 is 10.7. The third-order valence-corrected chi connectivity index (χ3v) is 3.54. The summed E-state index contributed by atoms with van der Waals surface area (Å²) in [6.07, 6.45) is 4.56. The highest BCUT2D eigenvalue weighted by atomic mass is 16.5. The number of unbranched alkanes of at least 4 members (excludes halogenated alkanes) is 3. The zero-order chi connectivity index (χ0) is 15.1. The molecule has 3 nitrogen and oxygen atoms in total. The van der Waals surface area contributed by atoms with Crippen LogP contribution >= 0.6 is 0 Å². The Labute approximate surface area is 125 Å². The van der Waals surface area contributed by atoms with Crippen molar-refractivity contribution in [3.05, 3.63) is 42.0 Å². The Morgan fingerprint density at radius 3 is 2.62 bits per heavy atom.